The van der Waals surface area contributed by atoms with Crippen molar-refractivity contribution in [2.45, 2.75) is 11.8 Å². The van der Waals surface area contributed by atoms with E-state index in [1.807, 2.05) is 11.6 Å². The number of benzene rings is 1. The zero-order valence-corrected chi connectivity index (χ0v) is 19.4. The minimum Gasteiger partial charge on any atom is -0.494 e. The van der Waals surface area contributed by atoms with Crippen LogP contribution in [0.3, 0.4) is 0 Å². The normalized spacial score (nSPS) is 10.7. The molecule has 0 aliphatic rings. The van der Waals surface area contributed by atoms with Crippen LogP contribution in [0.1, 0.15) is 6.92 Å². The van der Waals surface area contributed by atoms with Crippen molar-refractivity contribution in [2.24, 2.45) is 5.10 Å². The molecule has 32 heavy (non-hydrogen) atoms. The lowest BCUT2D eigenvalue weighted by Crippen LogP contribution is -2.36. The van der Waals surface area contributed by atoms with Gasteiger partial charge in [-0.05, 0) is 25.3 Å². The Hall–Kier alpha value is -3.20. The third-order valence-electron chi connectivity index (χ3n) is 3.56. The van der Waals surface area contributed by atoms with Crippen LogP contribution in [0.15, 0.2) is 34.4 Å². The van der Waals surface area contributed by atoms with Gasteiger partial charge in [0.1, 0.15) is 6.07 Å². The first-order valence-electron chi connectivity index (χ1n) is 8.79. The van der Waals surface area contributed by atoms with Crippen molar-refractivity contribution in [3.63, 3.8) is 0 Å². The van der Waals surface area contributed by atoms with Crippen LogP contribution < -0.4 is 20.2 Å². The fraction of sp³-hybridized carbons (Fsp3) is 0.211. The highest BCUT2D eigenvalue weighted by Crippen LogP contribution is 2.39. The number of amides is 2. The minimum absolute atomic E-state index is 0.0620. The number of imide groups is 1. The molecular formula is C19H17Cl2N5O5S. The lowest BCUT2D eigenvalue weighted by molar-refractivity contribution is -0.114. The van der Waals surface area contributed by atoms with Crippen LogP contribution in [-0.4, -0.2) is 42.7 Å². The molecule has 10 nitrogen and oxygen atoms in total. The summed E-state index contributed by atoms with van der Waals surface area (Å²) in [6.07, 6.45) is 2.40. The van der Waals surface area contributed by atoms with Gasteiger partial charge in [0.25, 0.3) is 5.91 Å². The summed E-state index contributed by atoms with van der Waals surface area (Å²) in [7, 11) is 1.54. The number of carbonyl (C=O) groups excluding carboxylic acids is 2. The molecule has 1 aromatic carbocycles. The number of nitriles is 1. The third-order valence-corrected chi connectivity index (χ3v) is 4.88. The van der Waals surface area contributed by atoms with Gasteiger partial charge in [0.2, 0.25) is 11.6 Å². The number of carbonyl (C=O) groups is 2. The highest BCUT2D eigenvalue weighted by molar-refractivity contribution is 7.98. The van der Waals surface area contributed by atoms with Crippen LogP contribution >= 0.6 is 35.0 Å². The Morgan fingerprint density at radius 2 is 1.97 bits per heavy atom. The summed E-state index contributed by atoms with van der Waals surface area (Å²) < 4.78 is 15.5. The summed E-state index contributed by atoms with van der Waals surface area (Å²) in [5, 5.41) is 14.9. The number of hydrazone groups is 1. The molecular weight excluding hydrogens is 481 g/mol. The fourth-order valence-electron chi connectivity index (χ4n) is 2.17. The molecule has 0 radical (unpaired) electrons. The molecule has 0 atom stereocenters. The molecule has 0 fully saturated rings. The van der Waals surface area contributed by atoms with Gasteiger partial charge in [0.05, 0.1) is 40.5 Å². The maximum Gasteiger partial charge on any atom is 0.414 e. The lowest BCUT2D eigenvalue weighted by Gasteiger charge is -2.12. The van der Waals surface area contributed by atoms with E-state index in [1.54, 1.807) is 19.1 Å². The first kappa shape index (κ1) is 25.1. The van der Waals surface area contributed by atoms with Gasteiger partial charge in [0, 0.05) is 6.07 Å². The van der Waals surface area contributed by atoms with Crippen molar-refractivity contribution in [3.05, 3.63) is 34.4 Å². The first-order chi connectivity index (χ1) is 15.3. The summed E-state index contributed by atoms with van der Waals surface area (Å²) in [4.78, 5) is 28.1. The second-order valence-electron chi connectivity index (χ2n) is 5.61. The maximum atomic E-state index is 11.9. The second kappa shape index (κ2) is 12.0. The predicted octanol–water partition coefficient (Wildman–Crippen LogP) is 4.48. The Morgan fingerprint density at radius 1 is 1.28 bits per heavy atom. The molecule has 0 saturated carbocycles. The summed E-state index contributed by atoms with van der Waals surface area (Å²) in [6.45, 7) is 1.63. The van der Waals surface area contributed by atoms with E-state index in [9.17, 15) is 9.59 Å². The quantitative estimate of drug-likeness (QED) is 0.307. The predicted molar refractivity (Wildman–Crippen MR) is 121 cm³/mol. The number of hydrogen-bond acceptors (Lipinski definition) is 10. The number of methoxy groups -OCH3 is 1. The van der Waals surface area contributed by atoms with Crippen molar-refractivity contribution >= 4 is 58.4 Å². The molecule has 0 aliphatic heterocycles. The maximum absolute atomic E-state index is 11.9. The van der Waals surface area contributed by atoms with Crippen molar-refractivity contribution < 1.29 is 23.8 Å². The van der Waals surface area contributed by atoms with E-state index < -0.39 is 17.7 Å². The number of pyridine rings is 1. The first-order valence-corrected chi connectivity index (χ1v) is 10.8. The van der Waals surface area contributed by atoms with Crippen LogP contribution in [0.4, 0.5) is 10.5 Å². The number of nitrogens with zero attached hydrogens (tertiary/aromatic N) is 3. The van der Waals surface area contributed by atoms with E-state index in [2.05, 4.69) is 20.2 Å². The van der Waals surface area contributed by atoms with E-state index in [-0.39, 0.29) is 34.0 Å². The van der Waals surface area contributed by atoms with Crippen LogP contribution in [0, 0.1) is 11.3 Å². The summed E-state index contributed by atoms with van der Waals surface area (Å²) in [5.41, 5.74) is 2.13. The average Bonchev–Trinajstić information content (AvgIpc) is 2.76. The van der Waals surface area contributed by atoms with E-state index >= 15 is 0 Å². The SMILES string of the molecule is CCOC(=O)NC(=O)/C(C#N)=N\Nc1cc(Cl)c(Oc2cc(SC)c(OC)cn2)c(Cl)c1. The number of ether oxygens (including phenoxy) is 3. The van der Waals surface area contributed by atoms with Gasteiger partial charge >= 0.3 is 6.09 Å². The van der Waals surface area contributed by atoms with E-state index in [4.69, 9.17) is 37.9 Å². The number of thioether (sulfide) groups is 1. The standard InChI is InChI=1S/C19H17Cl2N5O5S/c1-4-30-19(28)24-18(27)13(8-22)26-25-10-5-11(20)17(12(21)6-10)31-16-7-15(32-3)14(29-2)9-23-16/h5-7,9,25H,4H2,1-3H3,(H,24,27,28)/b26-13-. The van der Waals surface area contributed by atoms with Crippen molar-refractivity contribution in [1.29, 1.82) is 5.26 Å². The molecule has 2 N–H and O–H groups in total. The molecule has 0 bridgehead atoms. The highest BCUT2D eigenvalue weighted by atomic mass is 35.5. The smallest absolute Gasteiger partial charge is 0.414 e. The number of halogens is 2. The molecule has 0 saturated heterocycles. The summed E-state index contributed by atoms with van der Waals surface area (Å²) >= 11 is 14.0. The van der Waals surface area contributed by atoms with E-state index in [1.165, 1.54) is 37.2 Å². The molecule has 13 heteroatoms. The second-order valence-corrected chi connectivity index (χ2v) is 7.27. The molecule has 0 spiro atoms. The number of anilines is 1. The molecule has 1 heterocycles. The Morgan fingerprint density at radius 3 is 2.53 bits per heavy atom. The van der Waals surface area contributed by atoms with Crippen molar-refractivity contribution in [3.8, 4) is 23.4 Å². The summed E-state index contributed by atoms with van der Waals surface area (Å²) in [6, 6.07) is 6.08. The van der Waals surface area contributed by atoms with Gasteiger partial charge in [-0.3, -0.25) is 15.5 Å². The van der Waals surface area contributed by atoms with E-state index in [0.29, 0.717) is 5.75 Å². The van der Waals surface area contributed by atoms with Gasteiger partial charge in [-0.15, -0.1) is 11.8 Å². The monoisotopic (exact) mass is 497 g/mol. The third kappa shape index (κ3) is 6.65. The van der Waals surface area contributed by atoms with Gasteiger partial charge in [-0.1, -0.05) is 23.2 Å². The van der Waals surface area contributed by atoms with Crippen LogP contribution in [0.25, 0.3) is 0 Å². The molecule has 0 aliphatic carbocycles. The number of hydrogen-bond donors (Lipinski definition) is 2. The topological polar surface area (TPSA) is 135 Å². The Bertz CT molecular complexity index is 1070. The van der Waals surface area contributed by atoms with E-state index in [0.717, 1.165) is 4.90 Å². The average molecular weight is 498 g/mol. The zero-order chi connectivity index (χ0) is 23.7. The van der Waals surface area contributed by atoms with Gasteiger partial charge in [-0.2, -0.15) is 10.4 Å². The molecule has 2 rings (SSSR count). The molecule has 2 aromatic rings. The van der Waals surface area contributed by atoms with Gasteiger partial charge in [0.15, 0.2) is 11.5 Å². The Kier molecular flexibility index (Phi) is 9.39. The largest absolute Gasteiger partial charge is 0.494 e. The fourth-order valence-corrected chi connectivity index (χ4v) is 3.29. The number of alkyl carbamates (subject to hydrolysis) is 1. The summed E-state index contributed by atoms with van der Waals surface area (Å²) in [5.74, 6) is -0.0428. The molecule has 0 unspecified atom stereocenters. The molecule has 168 valence electrons. The zero-order valence-electron chi connectivity index (χ0n) is 17.1. The number of aromatic nitrogens is 1. The van der Waals surface area contributed by atoms with Crippen molar-refractivity contribution in [1.82, 2.24) is 10.3 Å². The molecule has 2 amide bonds. The van der Waals surface area contributed by atoms with Crippen molar-refractivity contribution in [2.75, 3.05) is 25.4 Å². The van der Waals surface area contributed by atoms with Crippen LogP contribution in [-0.2, 0) is 9.53 Å². The number of nitrogens with one attached hydrogen (secondary N) is 2. The lowest BCUT2D eigenvalue weighted by atomic mass is 10.3. The van der Waals surface area contributed by atoms with Crippen LogP contribution in [0.5, 0.6) is 17.4 Å². The minimum atomic E-state index is -1.04. The van der Waals surface area contributed by atoms with Gasteiger partial charge < -0.3 is 14.2 Å². The van der Waals surface area contributed by atoms with Gasteiger partial charge in [-0.25, -0.2) is 9.78 Å². The highest BCUT2D eigenvalue weighted by Gasteiger charge is 2.17. The van der Waals surface area contributed by atoms with Crippen LogP contribution in [0.2, 0.25) is 10.0 Å². The Labute approximate surface area is 197 Å². The number of rotatable bonds is 8. The molecule has 1 aromatic heterocycles. The Balaban J connectivity index is 2.18.